The summed E-state index contributed by atoms with van der Waals surface area (Å²) in [5.41, 5.74) is 0.328. The molecule has 1 saturated heterocycles. The van der Waals surface area contributed by atoms with Gasteiger partial charge < -0.3 is 14.5 Å². The molecule has 4 rings (SSSR count). The van der Waals surface area contributed by atoms with Crippen molar-refractivity contribution < 1.29 is 27.5 Å². The van der Waals surface area contributed by atoms with Gasteiger partial charge in [-0.1, -0.05) is 30.3 Å². The Hall–Kier alpha value is -3.03. The van der Waals surface area contributed by atoms with Gasteiger partial charge in [-0.3, -0.25) is 9.59 Å². The SMILES string of the molecule is CC(C)N1C(=O)C2(CCN(C(=O)COc3ccccc3C(F)(F)F)CC2)c2ccccc21. The lowest BCUT2D eigenvalue weighted by Gasteiger charge is -2.38. The third kappa shape index (κ3) is 3.72. The standard InChI is InChI=1S/C24H25F3N2O3/c1-16(2)29-19-9-5-3-7-17(19)23(22(29)31)11-13-28(14-12-23)21(30)15-32-20-10-6-4-8-18(20)24(25,26)27/h3-10,16H,11-15H2,1-2H3. The van der Waals surface area contributed by atoms with Crippen molar-refractivity contribution in [2.45, 2.75) is 44.3 Å². The zero-order valence-electron chi connectivity index (χ0n) is 18.0. The van der Waals surface area contributed by atoms with Gasteiger partial charge in [0.05, 0.1) is 11.0 Å². The highest BCUT2D eigenvalue weighted by atomic mass is 19.4. The van der Waals surface area contributed by atoms with Gasteiger partial charge in [-0.05, 0) is 50.5 Å². The first-order chi connectivity index (χ1) is 15.1. The molecule has 5 nitrogen and oxygen atoms in total. The van der Waals surface area contributed by atoms with Crippen LogP contribution in [0.25, 0.3) is 0 Å². The van der Waals surface area contributed by atoms with Crippen LogP contribution in [0.15, 0.2) is 48.5 Å². The Morgan fingerprint density at radius 2 is 1.69 bits per heavy atom. The Morgan fingerprint density at radius 3 is 2.34 bits per heavy atom. The van der Waals surface area contributed by atoms with E-state index >= 15 is 0 Å². The van der Waals surface area contributed by atoms with E-state index in [0.717, 1.165) is 17.3 Å². The van der Waals surface area contributed by atoms with E-state index in [0.29, 0.717) is 25.9 Å². The minimum absolute atomic E-state index is 0.0183. The summed E-state index contributed by atoms with van der Waals surface area (Å²) >= 11 is 0. The average Bonchev–Trinajstić information content (AvgIpc) is 3.00. The highest BCUT2D eigenvalue weighted by Gasteiger charge is 2.52. The first-order valence-corrected chi connectivity index (χ1v) is 10.6. The lowest BCUT2D eigenvalue weighted by Crippen LogP contribution is -2.51. The Morgan fingerprint density at radius 1 is 1.06 bits per heavy atom. The Labute approximate surface area is 184 Å². The second-order valence-electron chi connectivity index (χ2n) is 8.53. The number of halogens is 3. The van der Waals surface area contributed by atoms with Gasteiger partial charge in [-0.15, -0.1) is 0 Å². The van der Waals surface area contributed by atoms with E-state index in [1.54, 1.807) is 4.90 Å². The maximum absolute atomic E-state index is 13.4. The maximum Gasteiger partial charge on any atom is 0.419 e. The van der Waals surface area contributed by atoms with Gasteiger partial charge in [-0.25, -0.2) is 0 Å². The number of likely N-dealkylation sites (tertiary alicyclic amines) is 1. The Balaban J connectivity index is 1.45. The van der Waals surface area contributed by atoms with Gasteiger partial charge in [0, 0.05) is 24.8 Å². The van der Waals surface area contributed by atoms with E-state index in [1.807, 2.05) is 43.0 Å². The molecule has 2 aliphatic rings. The molecule has 2 amide bonds. The fourth-order valence-corrected chi connectivity index (χ4v) is 4.73. The summed E-state index contributed by atoms with van der Waals surface area (Å²) in [6.07, 6.45) is -3.62. The second kappa shape index (κ2) is 8.15. The molecule has 0 aliphatic carbocycles. The Kier molecular flexibility index (Phi) is 5.65. The molecule has 1 spiro atoms. The van der Waals surface area contributed by atoms with E-state index in [-0.39, 0.29) is 17.7 Å². The average molecular weight is 446 g/mol. The molecule has 0 aromatic heterocycles. The molecule has 2 aromatic carbocycles. The number of ether oxygens (including phenoxy) is 1. The molecule has 170 valence electrons. The number of nitrogens with zero attached hydrogens (tertiary/aromatic N) is 2. The van der Waals surface area contributed by atoms with Crippen molar-refractivity contribution in [3.63, 3.8) is 0 Å². The lowest BCUT2D eigenvalue weighted by atomic mass is 9.73. The van der Waals surface area contributed by atoms with Crippen molar-refractivity contribution in [3.05, 3.63) is 59.7 Å². The monoisotopic (exact) mass is 446 g/mol. The normalized spacial score (nSPS) is 17.8. The molecule has 2 aliphatic heterocycles. The van der Waals surface area contributed by atoms with Crippen LogP contribution in [0, 0.1) is 0 Å². The molecule has 0 radical (unpaired) electrons. The number of amides is 2. The third-order valence-electron chi connectivity index (χ3n) is 6.34. The molecule has 0 bridgehead atoms. The predicted molar refractivity (Wildman–Crippen MR) is 113 cm³/mol. The zero-order chi connectivity index (χ0) is 23.1. The minimum Gasteiger partial charge on any atom is -0.483 e. The van der Waals surface area contributed by atoms with Crippen LogP contribution in [0.3, 0.4) is 0 Å². The van der Waals surface area contributed by atoms with Crippen LogP contribution in [-0.2, 0) is 21.2 Å². The summed E-state index contributed by atoms with van der Waals surface area (Å²) in [5.74, 6) is -0.707. The fourth-order valence-electron chi connectivity index (χ4n) is 4.73. The Bertz CT molecular complexity index is 1030. The van der Waals surface area contributed by atoms with E-state index in [9.17, 15) is 22.8 Å². The molecular formula is C24H25F3N2O3. The van der Waals surface area contributed by atoms with Crippen LogP contribution in [0.4, 0.5) is 18.9 Å². The van der Waals surface area contributed by atoms with Crippen molar-refractivity contribution in [1.82, 2.24) is 4.90 Å². The number of carbonyl (C=O) groups excluding carboxylic acids is 2. The molecule has 32 heavy (non-hydrogen) atoms. The summed E-state index contributed by atoms with van der Waals surface area (Å²) in [4.78, 5) is 29.4. The molecule has 0 saturated carbocycles. The van der Waals surface area contributed by atoms with E-state index in [4.69, 9.17) is 4.74 Å². The van der Waals surface area contributed by atoms with Crippen molar-refractivity contribution >= 4 is 17.5 Å². The lowest BCUT2D eigenvalue weighted by molar-refractivity contribution is -0.141. The van der Waals surface area contributed by atoms with Crippen LogP contribution in [0.2, 0.25) is 0 Å². The number of fused-ring (bicyclic) bond motifs is 2. The number of alkyl halides is 3. The maximum atomic E-state index is 13.4. The summed E-state index contributed by atoms with van der Waals surface area (Å²) in [6.45, 7) is 4.15. The number of benzene rings is 2. The zero-order valence-corrected chi connectivity index (χ0v) is 18.0. The quantitative estimate of drug-likeness (QED) is 0.700. The molecular weight excluding hydrogens is 421 g/mol. The number of carbonyl (C=O) groups is 2. The van der Waals surface area contributed by atoms with Crippen LogP contribution < -0.4 is 9.64 Å². The van der Waals surface area contributed by atoms with Gasteiger partial charge in [0.2, 0.25) is 5.91 Å². The summed E-state index contributed by atoms with van der Waals surface area (Å²) in [6, 6.07) is 12.6. The molecule has 8 heteroatoms. The van der Waals surface area contributed by atoms with Crippen molar-refractivity contribution in [1.29, 1.82) is 0 Å². The first kappa shape index (κ1) is 22.2. The topological polar surface area (TPSA) is 49.9 Å². The van der Waals surface area contributed by atoms with Crippen LogP contribution in [0.1, 0.15) is 37.8 Å². The molecule has 2 heterocycles. The van der Waals surface area contributed by atoms with Gasteiger partial charge >= 0.3 is 6.18 Å². The number of hydrogen-bond donors (Lipinski definition) is 0. The highest BCUT2D eigenvalue weighted by molar-refractivity contribution is 6.08. The van der Waals surface area contributed by atoms with Gasteiger partial charge in [-0.2, -0.15) is 13.2 Å². The number of rotatable bonds is 4. The van der Waals surface area contributed by atoms with E-state index < -0.39 is 29.7 Å². The van der Waals surface area contributed by atoms with Gasteiger partial charge in [0.15, 0.2) is 6.61 Å². The summed E-state index contributed by atoms with van der Waals surface area (Å²) < 4.78 is 44.6. The molecule has 1 fully saturated rings. The van der Waals surface area contributed by atoms with E-state index in [1.165, 1.54) is 18.2 Å². The predicted octanol–water partition coefficient (Wildman–Crippen LogP) is 4.40. The number of piperidine rings is 1. The third-order valence-corrected chi connectivity index (χ3v) is 6.34. The van der Waals surface area contributed by atoms with Crippen LogP contribution >= 0.6 is 0 Å². The number of para-hydroxylation sites is 2. The number of anilines is 1. The van der Waals surface area contributed by atoms with Crippen molar-refractivity contribution in [2.24, 2.45) is 0 Å². The van der Waals surface area contributed by atoms with Crippen LogP contribution in [-0.4, -0.2) is 42.5 Å². The van der Waals surface area contributed by atoms with Crippen LogP contribution in [0.5, 0.6) is 5.75 Å². The number of hydrogen-bond acceptors (Lipinski definition) is 3. The molecule has 2 aromatic rings. The minimum atomic E-state index is -4.56. The molecule has 0 unspecified atom stereocenters. The first-order valence-electron chi connectivity index (χ1n) is 10.6. The van der Waals surface area contributed by atoms with E-state index in [2.05, 4.69) is 0 Å². The highest BCUT2D eigenvalue weighted by Crippen LogP contribution is 2.48. The fraction of sp³-hybridized carbons (Fsp3) is 0.417. The summed E-state index contributed by atoms with van der Waals surface area (Å²) in [7, 11) is 0. The van der Waals surface area contributed by atoms with Crippen molar-refractivity contribution in [3.8, 4) is 5.75 Å². The smallest absolute Gasteiger partial charge is 0.419 e. The molecule has 0 atom stereocenters. The molecule has 0 N–H and O–H groups in total. The summed E-state index contributed by atoms with van der Waals surface area (Å²) in [5, 5.41) is 0. The van der Waals surface area contributed by atoms with Gasteiger partial charge in [0.1, 0.15) is 5.75 Å². The largest absolute Gasteiger partial charge is 0.483 e. The van der Waals surface area contributed by atoms with Crippen molar-refractivity contribution in [2.75, 3.05) is 24.6 Å². The second-order valence-corrected chi connectivity index (χ2v) is 8.53. The van der Waals surface area contributed by atoms with Gasteiger partial charge in [0.25, 0.3) is 5.91 Å².